The number of hydrogen-bond acceptors (Lipinski definition) is 2. The first-order valence-corrected chi connectivity index (χ1v) is 3.14. The number of rotatable bonds is 4. The summed E-state index contributed by atoms with van der Waals surface area (Å²) < 4.78 is 27.8. The Morgan fingerprint density at radius 1 is 1.73 bits per heavy atom. The summed E-state index contributed by atoms with van der Waals surface area (Å²) in [6, 6.07) is 0. The molecule has 2 nitrogen and oxygen atoms in total. The van der Waals surface area contributed by atoms with Crippen LogP contribution in [-0.4, -0.2) is 19.0 Å². The number of hydrogen-bond donors (Lipinski definition) is 0. The second-order valence-corrected chi connectivity index (χ2v) is 2.07. The maximum Gasteiger partial charge on any atom is 0.335 e. The normalized spacial score (nSPS) is 12.3. The lowest BCUT2D eigenvalue weighted by Crippen LogP contribution is -2.14. The Balaban J connectivity index is 3.66. The molecule has 0 saturated heterocycles. The van der Waals surface area contributed by atoms with Crippen molar-refractivity contribution in [1.82, 2.24) is 0 Å². The summed E-state index contributed by atoms with van der Waals surface area (Å²) in [5.74, 6) is -0.828. The number of ether oxygens (including phenoxy) is 1. The van der Waals surface area contributed by atoms with Crippen LogP contribution in [0, 0.1) is 0 Å². The molecule has 0 aromatic carbocycles. The van der Waals surface area contributed by atoms with Crippen LogP contribution in [0.25, 0.3) is 0 Å². The van der Waals surface area contributed by atoms with Crippen molar-refractivity contribution < 1.29 is 18.3 Å². The zero-order chi connectivity index (χ0) is 8.85. The van der Waals surface area contributed by atoms with E-state index in [1.54, 1.807) is 0 Å². The molecule has 0 aromatic rings. The van der Waals surface area contributed by atoms with Gasteiger partial charge in [0.25, 0.3) is 0 Å². The molecule has 0 rings (SSSR count). The highest BCUT2D eigenvalue weighted by atomic mass is 19.2. The largest absolute Gasteiger partial charge is 0.428 e. The quantitative estimate of drug-likeness (QED) is 0.467. The van der Waals surface area contributed by atoms with Gasteiger partial charge in [-0.25, -0.2) is 9.18 Å². The van der Waals surface area contributed by atoms with Crippen LogP contribution in [-0.2, 0) is 9.53 Å². The number of halogens is 2. The Morgan fingerprint density at radius 2 is 2.27 bits per heavy atom. The highest BCUT2D eigenvalue weighted by Crippen LogP contribution is 2.03. The van der Waals surface area contributed by atoms with Gasteiger partial charge in [0.05, 0.1) is 6.67 Å². The molecule has 0 saturated carbocycles. The average Bonchev–Trinajstić information content (AvgIpc) is 1.87. The van der Waals surface area contributed by atoms with Gasteiger partial charge in [-0.05, 0) is 6.92 Å². The third kappa shape index (κ3) is 4.47. The average molecular weight is 164 g/mol. The maximum absolute atomic E-state index is 12.3. The van der Waals surface area contributed by atoms with Crippen LogP contribution in [0.1, 0.15) is 13.3 Å². The summed E-state index contributed by atoms with van der Waals surface area (Å²) in [6.45, 7) is 3.78. The minimum atomic E-state index is -1.86. The Bertz CT molecular complexity index is 157. The van der Waals surface area contributed by atoms with Gasteiger partial charge in [0.1, 0.15) is 0 Å². The van der Waals surface area contributed by atoms with E-state index in [9.17, 15) is 13.6 Å². The Labute approximate surface area is 63.8 Å². The summed E-state index contributed by atoms with van der Waals surface area (Å²) in [5, 5.41) is 0. The predicted molar refractivity (Wildman–Crippen MR) is 36.4 cm³/mol. The summed E-state index contributed by atoms with van der Waals surface area (Å²) >= 11 is 0. The van der Waals surface area contributed by atoms with Crippen molar-refractivity contribution in [2.24, 2.45) is 0 Å². The lowest BCUT2D eigenvalue weighted by molar-refractivity contribution is -0.153. The number of carbonyl (C=O) groups is 1. The topological polar surface area (TPSA) is 26.3 Å². The van der Waals surface area contributed by atoms with Gasteiger partial charge in [0.15, 0.2) is 0 Å². The molecule has 64 valence electrons. The van der Waals surface area contributed by atoms with Crippen LogP contribution < -0.4 is 0 Å². The summed E-state index contributed by atoms with van der Waals surface area (Å²) in [6.07, 6.45) is -2.27. The SMILES string of the molecule is C=C(C)C(=O)OC(F)CCF. The zero-order valence-corrected chi connectivity index (χ0v) is 6.27. The molecule has 11 heavy (non-hydrogen) atoms. The molecule has 0 N–H and O–H groups in total. The molecule has 1 atom stereocenters. The van der Waals surface area contributed by atoms with Crippen molar-refractivity contribution in [1.29, 1.82) is 0 Å². The maximum atomic E-state index is 12.3. The molecule has 4 heteroatoms. The summed E-state index contributed by atoms with van der Waals surface area (Å²) in [7, 11) is 0. The Kier molecular flexibility index (Phi) is 4.41. The van der Waals surface area contributed by atoms with Gasteiger partial charge in [-0.2, -0.15) is 0 Å². The van der Waals surface area contributed by atoms with Crippen LogP contribution in [0.3, 0.4) is 0 Å². The van der Waals surface area contributed by atoms with E-state index < -0.39 is 25.4 Å². The van der Waals surface area contributed by atoms with E-state index in [2.05, 4.69) is 11.3 Å². The number of alkyl halides is 2. The predicted octanol–water partition coefficient (Wildman–Crippen LogP) is 1.76. The van der Waals surface area contributed by atoms with Gasteiger partial charge < -0.3 is 4.74 Å². The van der Waals surface area contributed by atoms with Gasteiger partial charge in [-0.15, -0.1) is 0 Å². The van der Waals surface area contributed by atoms with Crippen molar-refractivity contribution >= 4 is 5.97 Å². The number of esters is 1. The molecule has 0 spiro atoms. The molecular formula is C7H10F2O2. The molecule has 0 aliphatic rings. The molecule has 0 bridgehead atoms. The first-order chi connectivity index (χ1) is 5.07. The summed E-state index contributed by atoms with van der Waals surface area (Å²) in [5.41, 5.74) is 0.103. The van der Waals surface area contributed by atoms with Gasteiger partial charge in [-0.1, -0.05) is 6.58 Å². The fraction of sp³-hybridized carbons (Fsp3) is 0.571. The molecular weight excluding hydrogens is 154 g/mol. The van der Waals surface area contributed by atoms with E-state index in [1.807, 2.05) is 0 Å². The van der Waals surface area contributed by atoms with Crippen LogP contribution in [0.5, 0.6) is 0 Å². The fourth-order valence-electron chi connectivity index (χ4n) is 0.361. The fourth-order valence-corrected chi connectivity index (χ4v) is 0.361. The van der Waals surface area contributed by atoms with Crippen molar-refractivity contribution in [3.05, 3.63) is 12.2 Å². The van der Waals surface area contributed by atoms with Crippen molar-refractivity contribution in [3.63, 3.8) is 0 Å². The number of carbonyl (C=O) groups excluding carboxylic acids is 1. The van der Waals surface area contributed by atoms with Gasteiger partial charge in [0.2, 0.25) is 6.36 Å². The van der Waals surface area contributed by atoms with Crippen LogP contribution >= 0.6 is 0 Å². The van der Waals surface area contributed by atoms with E-state index in [1.165, 1.54) is 6.92 Å². The molecule has 0 aromatic heterocycles. The lowest BCUT2D eigenvalue weighted by Gasteiger charge is -2.06. The van der Waals surface area contributed by atoms with Gasteiger partial charge >= 0.3 is 5.97 Å². The molecule has 0 aliphatic heterocycles. The third-order valence-electron chi connectivity index (χ3n) is 0.919. The van der Waals surface area contributed by atoms with E-state index in [-0.39, 0.29) is 5.57 Å². The van der Waals surface area contributed by atoms with E-state index in [0.717, 1.165) is 0 Å². The minimum Gasteiger partial charge on any atom is -0.428 e. The standard InChI is InChI=1S/C7H10F2O2/c1-5(2)7(10)11-6(9)3-4-8/h6H,1,3-4H2,2H3. The van der Waals surface area contributed by atoms with E-state index in [4.69, 9.17) is 0 Å². The highest BCUT2D eigenvalue weighted by Gasteiger charge is 2.12. The highest BCUT2D eigenvalue weighted by molar-refractivity contribution is 5.86. The van der Waals surface area contributed by atoms with Crippen LogP contribution in [0.4, 0.5) is 8.78 Å². The van der Waals surface area contributed by atoms with Crippen molar-refractivity contribution in [2.45, 2.75) is 19.7 Å². The van der Waals surface area contributed by atoms with Crippen LogP contribution in [0.2, 0.25) is 0 Å². The Hall–Kier alpha value is -0.930. The first kappa shape index (κ1) is 10.1. The third-order valence-corrected chi connectivity index (χ3v) is 0.919. The van der Waals surface area contributed by atoms with E-state index >= 15 is 0 Å². The zero-order valence-electron chi connectivity index (χ0n) is 6.27. The molecule has 1 unspecified atom stereocenters. The summed E-state index contributed by atoms with van der Waals surface area (Å²) in [4.78, 5) is 10.5. The van der Waals surface area contributed by atoms with Crippen LogP contribution in [0.15, 0.2) is 12.2 Å². The van der Waals surface area contributed by atoms with Gasteiger partial charge in [0, 0.05) is 12.0 Å². The molecule has 0 heterocycles. The second-order valence-electron chi connectivity index (χ2n) is 2.07. The minimum absolute atomic E-state index is 0.103. The monoisotopic (exact) mass is 164 g/mol. The lowest BCUT2D eigenvalue weighted by atomic mass is 10.3. The van der Waals surface area contributed by atoms with Gasteiger partial charge in [-0.3, -0.25) is 4.39 Å². The second kappa shape index (κ2) is 4.82. The molecule has 0 fully saturated rings. The molecule has 0 amide bonds. The molecule has 0 aliphatic carbocycles. The smallest absolute Gasteiger partial charge is 0.335 e. The van der Waals surface area contributed by atoms with E-state index in [0.29, 0.717) is 0 Å². The molecule has 0 radical (unpaired) electrons. The van der Waals surface area contributed by atoms with Crippen molar-refractivity contribution in [3.8, 4) is 0 Å². The van der Waals surface area contributed by atoms with Crippen molar-refractivity contribution in [2.75, 3.05) is 6.67 Å². The Morgan fingerprint density at radius 3 is 2.64 bits per heavy atom. The first-order valence-electron chi connectivity index (χ1n) is 3.14.